The lowest BCUT2D eigenvalue weighted by Crippen LogP contribution is -2.08. The number of methoxy groups -OCH3 is 1. The zero-order valence-electron chi connectivity index (χ0n) is 15.4. The van der Waals surface area contributed by atoms with Crippen molar-refractivity contribution < 1.29 is 22.3 Å². The van der Waals surface area contributed by atoms with E-state index in [0.717, 1.165) is 11.6 Å². The molecule has 1 aromatic heterocycles. The van der Waals surface area contributed by atoms with Crippen LogP contribution in [0.15, 0.2) is 82.9 Å². The molecule has 1 N–H and O–H groups in total. The van der Waals surface area contributed by atoms with Gasteiger partial charge in [0.1, 0.15) is 0 Å². The molecule has 1 heterocycles. The maximum absolute atomic E-state index is 13.9. The standard InChI is InChI=1S/C21H17FN2O4S/c1-28-20-10-9-18(13-19(20)22)29(26,27)17-7-5-16(6-8-17)24-21(25)11-4-15-3-2-12-23-14-15/h2-14H,1H3,(H,24,25)/b11-4+. The second-order valence-corrected chi connectivity index (χ2v) is 7.88. The average molecular weight is 412 g/mol. The van der Waals surface area contributed by atoms with Gasteiger partial charge in [-0.1, -0.05) is 6.07 Å². The van der Waals surface area contributed by atoms with Gasteiger partial charge in [-0.2, -0.15) is 0 Å². The fourth-order valence-corrected chi connectivity index (χ4v) is 3.77. The molecule has 0 saturated heterocycles. The summed E-state index contributed by atoms with van der Waals surface area (Å²) in [6, 6.07) is 12.6. The minimum Gasteiger partial charge on any atom is -0.494 e. The van der Waals surface area contributed by atoms with Gasteiger partial charge in [0.15, 0.2) is 11.6 Å². The molecule has 1 amide bonds. The zero-order valence-corrected chi connectivity index (χ0v) is 16.2. The second-order valence-electron chi connectivity index (χ2n) is 5.93. The van der Waals surface area contributed by atoms with Crippen molar-refractivity contribution in [1.82, 2.24) is 4.98 Å². The SMILES string of the molecule is COc1ccc(S(=O)(=O)c2ccc(NC(=O)/C=C/c3cccnc3)cc2)cc1F. The Morgan fingerprint density at radius 3 is 2.45 bits per heavy atom. The van der Waals surface area contributed by atoms with E-state index in [9.17, 15) is 17.6 Å². The minimum atomic E-state index is -3.91. The number of pyridine rings is 1. The van der Waals surface area contributed by atoms with Crippen molar-refractivity contribution in [3.05, 3.63) is 84.4 Å². The fraction of sp³-hybridized carbons (Fsp3) is 0.0476. The first-order valence-electron chi connectivity index (χ1n) is 8.48. The number of sulfone groups is 1. The third kappa shape index (κ3) is 4.85. The number of hydrogen-bond donors (Lipinski definition) is 1. The quantitative estimate of drug-likeness (QED) is 0.624. The highest BCUT2D eigenvalue weighted by atomic mass is 32.2. The lowest BCUT2D eigenvalue weighted by molar-refractivity contribution is -0.111. The molecule has 6 nitrogen and oxygen atoms in total. The van der Waals surface area contributed by atoms with E-state index in [2.05, 4.69) is 10.3 Å². The van der Waals surface area contributed by atoms with E-state index in [1.54, 1.807) is 30.6 Å². The molecule has 0 unspecified atom stereocenters. The van der Waals surface area contributed by atoms with Crippen molar-refractivity contribution >= 4 is 27.5 Å². The summed E-state index contributed by atoms with van der Waals surface area (Å²) in [5, 5.41) is 2.64. The van der Waals surface area contributed by atoms with E-state index >= 15 is 0 Å². The normalized spacial score (nSPS) is 11.4. The number of carbonyl (C=O) groups excluding carboxylic acids is 1. The molecule has 0 fully saturated rings. The number of benzene rings is 2. The molecule has 0 bridgehead atoms. The van der Waals surface area contributed by atoms with Gasteiger partial charge in [0, 0.05) is 24.2 Å². The first-order valence-corrected chi connectivity index (χ1v) is 9.96. The van der Waals surface area contributed by atoms with Crippen molar-refractivity contribution in [1.29, 1.82) is 0 Å². The van der Waals surface area contributed by atoms with E-state index in [1.807, 2.05) is 0 Å². The van der Waals surface area contributed by atoms with Gasteiger partial charge in [-0.3, -0.25) is 9.78 Å². The number of rotatable bonds is 6. The number of hydrogen-bond acceptors (Lipinski definition) is 5. The number of anilines is 1. The van der Waals surface area contributed by atoms with Gasteiger partial charge < -0.3 is 10.1 Å². The monoisotopic (exact) mass is 412 g/mol. The van der Waals surface area contributed by atoms with Crippen LogP contribution in [-0.4, -0.2) is 26.4 Å². The Labute approximate surface area is 167 Å². The highest BCUT2D eigenvalue weighted by Crippen LogP contribution is 2.26. The molecule has 2 aromatic carbocycles. The summed E-state index contributed by atoms with van der Waals surface area (Å²) in [4.78, 5) is 15.7. The van der Waals surface area contributed by atoms with Gasteiger partial charge in [0.2, 0.25) is 15.7 Å². The van der Waals surface area contributed by atoms with Gasteiger partial charge in [-0.25, -0.2) is 12.8 Å². The lowest BCUT2D eigenvalue weighted by Gasteiger charge is -2.08. The third-order valence-electron chi connectivity index (χ3n) is 3.98. The smallest absolute Gasteiger partial charge is 0.248 e. The van der Waals surface area contributed by atoms with Crippen LogP contribution in [0.3, 0.4) is 0 Å². The number of nitrogens with one attached hydrogen (secondary N) is 1. The van der Waals surface area contributed by atoms with Gasteiger partial charge in [-0.15, -0.1) is 0 Å². The molecule has 0 aliphatic heterocycles. The fourth-order valence-electron chi connectivity index (χ4n) is 2.50. The molecule has 0 spiro atoms. The Bertz CT molecular complexity index is 1150. The van der Waals surface area contributed by atoms with E-state index in [4.69, 9.17) is 4.74 Å². The zero-order chi connectivity index (χ0) is 20.9. The summed E-state index contributed by atoms with van der Waals surface area (Å²) in [5.41, 5.74) is 1.20. The van der Waals surface area contributed by atoms with E-state index in [0.29, 0.717) is 5.69 Å². The van der Waals surface area contributed by atoms with Crippen molar-refractivity contribution in [2.75, 3.05) is 12.4 Å². The molecule has 3 rings (SSSR count). The molecule has 29 heavy (non-hydrogen) atoms. The Morgan fingerprint density at radius 2 is 1.83 bits per heavy atom. The van der Waals surface area contributed by atoms with Crippen LogP contribution < -0.4 is 10.1 Å². The topological polar surface area (TPSA) is 85.4 Å². The van der Waals surface area contributed by atoms with Crippen molar-refractivity contribution in [3.63, 3.8) is 0 Å². The molecule has 3 aromatic rings. The Kier molecular flexibility index (Phi) is 6.04. The van der Waals surface area contributed by atoms with Crippen LogP contribution in [0.1, 0.15) is 5.56 Å². The molecular formula is C21H17FN2O4S. The largest absolute Gasteiger partial charge is 0.494 e. The number of ether oxygens (including phenoxy) is 1. The summed E-state index contributed by atoms with van der Waals surface area (Å²) in [6.07, 6.45) is 6.21. The Hall–Kier alpha value is -3.52. The van der Waals surface area contributed by atoms with E-state index < -0.39 is 15.7 Å². The van der Waals surface area contributed by atoms with E-state index in [-0.39, 0.29) is 21.4 Å². The van der Waals surface area contributed by atoms with Crippen LogP contribution in [0.4, 0.5) is 10.1 Å². The number of carbonyl (C=O) groups is 1. The number of halogens is 1. The second kappa shape index (κ2) is 8.66. The molecule has 0 radical (unpaired) electrons. The minimum absolute atomic E-state index is 0.0223. The Balaban J connectivity index is 1.73. The highest BCUT2D eigenvalue weighted by Gasteiger charge is 2.19. The van der Waals surface area contributed by atoms with Crippen LogP contribution in [0, 0.1) is 5.82 Å². The first kappa shape index (κ1) is 20.2. The third-order valence-corrected chi connectivity index (χ3v) is 5.74. The van der Waals surface area contributed by atoms with Crippen LogP contribution in [-0.2, 0) is 14.6 Å². The molecule has 148 valence electrons. The molecular weight excluding hydrogens is 395 g/mol. The van der Waals surface area contributed by atoms with Crippen molar-refractivity contribution in [2.24, 2.45) is 0 Å². The summed E-state index contributed by atoms with van der Waals surface area (Å²) in [5.74, 6) is -1.18. The summed E-state index contributed by atoms with van der Waals surface area (Å²) < 4.78 is 44.0. The van der Waals surface area contributed by atoms with Crippen molar-refractivity contribution in [2.45, 2.75) is 9.79 Å². The van der Waals surface area contributed by atoms with Gasteiger partial charge >= 0.3 is 0 Å². The maximum Gasteiger partial charge on any atom is 0.248 e. The van der Waals surface area contributed by atoms with Crippen LogP contribution in [0.2, 0.25) is 0 Å². The average Bonchev–Trinajstić information content (AvgIpc) is 2.73. The highest BCUT2D eigenvalue weighted by molar-refractivity contribution is 7.91. The van der Waals surface area contributed by atoms with Crippen molar-refractivity contribution in [3.8, 4) is 5.75 Å². The number of aromatic nitrogens is 1. The maximum atomic E-state index is 13.9. The summed E-state index contributed by atoms with van der Waals surface area (Å²) >= 11 is 0. The first-order chi connectivity index (χ1) is 13.9. The molecule has 8 heteroatoms. The lowest BCUT2D eigenvalue weighted by atomic mass is 10.2. The summed E-state index contributed by atoms with van der Waals surface area (Å²) in [7, 11) is -2.61. The van der Waals surface area contributed by atoms with Gasteiger partial charge in [0.25, 0.3) is 0 Å². The predicted octanol–water partition coefficient (Wildman–Crippen LogP) is 3.71. The van der Waals surface area contributed by atoms with Crippen LogP contribution in [0.5, 0.6) is 5.75 Å². The van der Waals surface area contributed by atoms with E-state index in [1.165, 1.54) is 49.6 Å². The number of amides is 1. The van der Waals surface area contributed by atoms with Gasteiger partial charge in [-0.05, 0) is 60.2 Å². The molecule has 0 atom stereocenters. The molecule has 0 aliphatic rings. The molecule has 0 aliphatic carbocycles. The van der Waals surface area contributed by atoms with Crippen LogP contribution >= 0.6 is 0 Å². The molecule has 0 saturated carbocycles. The van der Waals surface area contributed by atoms with Crippen LogP contribution in [0.25, 0.3) is 6.08 Å². The number of nitrogens with zero attached hydrogens (tertiary/aromatic N) is 1. The summed E-state index contributed by atoms with van der Waals surface area (Å²) in [6.45, 7) is 0. The Morgan fingerprint density at radius 1 is 1.10 bits per heavy atom. The van der Waals surface area contributed by atoms with Gasteiger partial charge in [0.05, 0.1) is 16.9 Å². The predicted molar refractivity (Wildman–Crippen MR) is 107 cm³/mol.